The van der Waals surface area contributed by atoms with Crippen molar-refractivity contribution >= 4 is 5.97 Å². The Morgan fingerprint density at radius 1 is 1.08 bits per heavy atom. The van der Waals surface area contributed by atoms with Crippen LogP contribution in [0.3, 0.4) is 0 Å². The van der Waals surface area contributed by atoms with Gasteiger partial charge in [0.1, 0.15) is 18.2 Å². The van der Waals surface area contributed by atoms with E-state index in [1.807, 2.05) is 31.2 Å². The van der Waals surface area contributed by atoms with Crippen LogP contribution in [0.1, 0.15) is 74.0 Å². The molecule has 0 aliphatic heterocycles. The molecule has 2 aliphatic rings. The van der Waals surface area contributed by atoms with Gasteiger partial charge in [-0.25, -0.2) is 4.39 Å². The van der Waals surface area contributed by atoms with Gasteiger partial charge in [-0.15, -0.1) is 0 Å². The largest absolute Gasteiger partial charge is 0.489 e. The molecule has 3 aromatic rings. The third kappa shape index (κ3) is 4.62. The van der Waals surface area contributed by atoms with Gasteiger partial charge >= 0.3 is 5.97 Å². The zero-order valence-electron chi connectivity index (χ0n) is 22.9. The summed E-state index contributed by atoms with van der Waals surface area (Å²) >= 11 is 0. The van der Waals surface area contributed by atoms with Crippen molar-refractivity contribution in [3.63, 3.8) is 0 Å². The highest BCUT2D eigenvalue weighted by molar-refractivity contribution is 5.75. The molecule has 1 fully saturated rings. The third-order valence-electron chi connectivity index (χ3n) is 8.54. The summed E-state index contributed by atoms with van der Waals surface area (Å²) in [4.78, 5) is 11.8. The van der Waals surface area contributed by atoms with Gasteiger partial charge in [0.05, 0.1) is 12.0 Å². The van der Waals surface area contributed by atoms with E-state index in [4.69, 9.17) is 9.47 Å². The maximum Gasteiger partial charge on any atom is 0.307 e. The fraction of sp³-hybridized carbons (Fsp3) is 0.424. The molecule has 3 atom stereocenters. The maximum atomic E-state index is 15.0. The van der Waals surface area contributed by atoms with Gasteiger partial charge in [0.15, 0.2) is 0 Å². The average molecular weight is 517 g/mol. The first-order valence-corrected chi connectivity index (χ1v) is 13.4. The lowest BCUT2D eigenvalue weighted by Gasteiger charge is -2.45. The molecule has 1 spiro atoms. The van der Waals surface area contributed by atoms with Crippen molar-refractivity contribution in [2.45, 2.75) is 71.5 Å². The summed E-state index contributed by atoms with van der Waals surface area (Å²) in [5.74, 6) is -0.512. The van der Waals surface area contributed by atoms with Gasteiger partial charge in [-0.05, 0) is 96.2 Å². The van der Waals surface area contributed by atoms with E-state index in [0.717, 1.165) is 59.3 Å². The predicted molar refractivity (Wildman–Crippen MR) is 147 cm³/mol. The van der Waals surface area contributed by atoms with E-state index in [1.165, 1.54) is 11.6 Å². The summed E-state index contributed by atoms with van der Waals surface area (Å²) in [7, 11) is 1.70. The van der Waals surface area contributed by atoms with Gasteiger partial charge < -0.3 is 14.6 Å². The van der Waals surface area contributed by atoms with Crippen molar-refractivity contribution in [1.29, 1.82) is 0 Å². The Balaban J connectivity index is 1.45. The smallest absolute Gasteiger partial charge is 0.307 e. The van der Waals surface area contributed by atoms with Crippen LogP contribution in [0.5, 0.6) is 5.75 Å². The molecule has 200 valence electrons. The van der Waals surface area contributed by atoms with Crippen molar-refractivity contribution < 1.29 is 23.8 Å². The van der Waals surface area contributed by atoms with Crippen LogP contribution in [0.15, 0.2) is 54.6 Å². The molecule has 1 saturated carbocycles. The SMILES string of the molecule is CO[C@H](c1cc(COc2ccc3c(c2)[C@]2(CC3)CC[C@@H]2C(=O)O)ccc1-c1cc(C)ccc1F)C(C)(C)C. The van der Waals surface area contributed by atoms with Crippen molar-refractivity contribution in [3.05, 3.63) is 88.2 Å². The number of fused-ring (bicyclic) bond motifs is 2. The number of aryl methyl sites for hydroxylation is 2. The Labute approximate surface area is 224 Å². The zero-order chi connectivity index (χ0) is 27.2. The first-order chi connectivity index (χ1) is 18.0. The quantitative estimate of drug-likeness (QED) is 0.348. The number of ether oxygens (including phenoxy) is 2. The van der Waals surface area contributed by atoms with Gasteiger partial charge in [0.2, 0.25) is 0 Å². The fourth-order valence-electron chi connectivity index (χ4n) is 6.56. The molecule has 0 saturated heterocycles. The van der Waals surface area contributed by atoms with Gasteiger partial charge in [-0.3, -0.25) is 4.79 Å². The van der Waals surface area contributed by atoms with Crippen LogP contribution in [0, 0.1) is 24.1 Å². The predicted octanol–water partition coefficient (Wildman–Crippen LogP) is 7.79. The van der Waals surface area contributed by atoms with E-state index >= 15 is 0 Å². The lowest BCUT2D eigenvalue weighted by Crippen LogP contribution is -2.46. The Morgan fingerprint density at radius 2 is 1.87 bits per heavy atom. The van der Waals surface area contributed by atoms with E-state index in [1.54, 1.807) is 13.2 Å². The van der Waals surface area contributed by atoms with E-state index in [9.17, 15) is 14.3 Å². The van der Waals surface area contributed by atoms with Crippen LogP contribution >= 0.6 is 0 Å². The summed E-state index contributed by atoms with van der Waals surface area (Å²) in [5, 5.41) is 9.73. The molecule has 5 rings (SSSR count). The van der Waals surface area contributed by atoms with Gasteiger partial charge in [-0.2, -0.15) is 0 Å². The van der Waals surface area contributed by atoms with Crippen LogP contribution in [0.25, 0.3) is 11.1 Å². The first kappa shape index (κ1) is 26.4. The summed E-state index contributed by atoms with van der Waals surface area (Å²) in [6, 6.07) is 17.3. The van der Waals surface area contributed by atoms with E-state index in [-0.39, 0.29) is 28.7 Å². The van der Waals surface area contributed by atoms with Crippen LogP contribution in [-0.4, -0.2) is 18.2 Å². The second-order valence-electron chi connectivity index (χ2n) is 12.1. The van der Waals surface area contributed by atoms with Gasteiger partial charge in [0.25, 0.3) is 0 Å². The average Bonchev–Trinajstić information content (AvgIpc) is 3.24. The van der Waals surface area contributed by atoms with Crippen molar-refractivity contribution in [2.24, 2.45) is 11.3 Å². The van der Waals surface area contributed by atoms with Gasteiger partial charge in [0, 0.05) is 18.1 Å². The molecule has 2 aliphatic carbocycles. The van der Waals surface area contributed by atoms with Crippen molar-refractivity contribution in [3.8, 4) is 16.9 Å². The Hall–Kier alpha value is -3.18. The molecule has 3 aromatic carbocycles. The fourth-order valence-corrected chi connectivity index (χ4v) is 6.56. The lowest BCUT2D eigenvalue weighted by atomic mass is 9.57. The third-order valence-corrected chi connectivity index (χ3v) is 8.54. The number of benzene rings is 3. The number of carbonyl (C=O) groups is 1. The summed E-state index contributed by atoms with van der Waals surface area (Å²) in [5.41, 5.74) is 6.21. The molecule has 0 aromatic heterocycles. The Morgan fingerprint density at radius 3 is 2.53 bits per heavy atom. The number of halogens is 1. The van der Waals surface area contributed by atoms with E-state index < -0.39 is 5.97 Å². The zero-order valence-corrected chi connectivity index (χ0v) is 22.9. The molecule has 0 unspecified atom stereocenters. The number of rotatable bonds is 7. The molecule has 0 radical (unpaired) electrons. The van der Waals surface area contributed by atoms with Gasteiger partial charge in [-0.1, -0.05) is 50.6 Å². The molecule has 0 heterocycles. The van der Waals surface area contributed by atoms with Crippen LogP contribution in [0.4, 0.5) is 4.39 Å². The second-order valence-corrected chi connectivity index (χ2v) is 12.1. The minimum absolute atomic E-state index is 0.207. The molecule has 38 heavy (non-hydrogen) atoms. The molecular formula is C33H37FO4. The number of hydrogen-bond acceptors (Lipinski definition) is 3. The Bertz CT molecular complexity index is 1370. The highest BCUT2D eigenvalue weighted by Crippen LogP contribution is 2.57. The summed E-state index contributed by atoms with van der Waals surface area (Å²) in [6.07, 6.45) is 3.24. The van der Waals surface area contributed by atoms with Crippen molar-refractivity contribution in [1.82, 2.24) is 0 Å². The maximum absolute atomic E-state index is 15.0. The number of carboxylic acids is 1. The minimum Gasteiger partial charge on any atom is -0.489 e. The number of hydrogen-bond donors (Lipinski definition) is 1. The molecule has 0 amide bonds. The minimum atomic E-state index is -0.695. The highest BCUT2D eigenvalue weighted by atomic mass is 19.1. The lowest BCUT2D eigenvalue weighted by molar-refractivity contribution is -0.149. The van der Waals surface area contributed by atoms with Crippen molar-refractivity contribution in [2.75, 3.05) is 7.11 Å². The van der Waals surface area contributed by atoms with Crippen LogP contribution < -0.4 is 4.74 Å². The number of carboxylic acid groups (broad SMARTS) is 1. The van der Waals surface area contributed by atoms with E-state index in [2.05, 4.69) is 39.0 Å². The standard InChI is InChI=1S/C33H37FO4/c1-20-6-11-29(34)25(16-20)24-10-7-21(17-26(24)30(37-5)32(2,3)4)19-38-23-9-8-22-12-14-33(28(22)18-23)15-13-27(33)31(35)36/h6-11,16-18,27,30H,12-15,19H2,1-5H3,(H,35,36)/t27-,30-,33-/m1/s1. The summed E-state index contributed by atoms with van der Waals surface area (Å²) < 4.78 is 27.2. The van der Waals surface area contributed by atoms with Crippen LogP contribution in [0.2, 0.25) is 0 Å². The first-order valence-electron chi connectivity index (χ1n) is 13.4. The summed E-state index contributed by atoms with van der Waals surface area (Å²) in [6.45, 7) is 8.66. The number of aliphatic carboxylic acids is 1. The molecule has 4 nitrogen and oxygen atoms in total. The Kier molecular flexibility index (Phi) is 6.85. The molecule has 0 bridgehead atoms. The van der Waals surface area contributed by atoms with E-state index in [0.29, 0.717) is 12.2 Å². The monoisotopic (exact) mass is 516 g/mol. The number of methoxy groups -OCH3 is 1. The highest BCUT2D eigenvalue weighted by Gasteiger charge is 2.54. The van der Waals surface area contributed by atoms with Crippen LogP contribution in [-0.2, 0) is 28.0 Å². The normalized spacial score (nSPS) is 21.2. The topological polar surface area (TPSA) is 55.8 Å². The second kappa shape index (κ2) is 9.85. The molecule has 1 N–H and O–H groups in total. The molecular weight excluding hydrogens is 479 g/mol. The molecule has 5 heteroatoms.